The summed E-state index contributed by atoms with van der Waals surface area (Å²) in [5, 5.41) is 17.5. The third-order valence-electron chi connectivity index (χ3n) is 5.92. The lowest BCUT2D eigenvalue weighted by atomic mass is 10.0. The van der Waals surface area contributed by atoms with E-state index < -0.39 is 0 Å². The van der Waals surface area contributed by atoms with Gasteiger partial charge >= 0.3 is 0 Å². The van der Waals surface area contributed by atoms with Crippen molar-refractivity contribution in [3.05, 3.63) is 74.0 Å². The number of nitrogens with zero attached hydrogens (tertiary/aromatic N) is 2. The number of para-hydroxylation sites is 2. The monoisotopic (exact) mass is 499 g/mol. The van der Waals surface area contributed by atoms with Crippen molar-refractivity contribution in [2.75, 3.05) is 25.4 Å². The molecule has 0 saturated carbocycles. The first-order chi connectivity index (χ1) is 15.9. The van der Waals surface area contributed by atoms with Gasteiger partial charge in [0.2, 0.25) is 0 Å². The summed E-state index contributed by atoms with van der Waals surface area (Å²) < 4.78 is 0. The minimum Gasteiger partial charge on any atom is -1.00 e. The number of aromatic nitrogens is 1. The predicted molar refractivity (Wildman–Crippen MR) is 132 cm³/mol. The maximum Gasteiger partial charge on any atom is 0.288 e. The van der Waals surface area contributed by atoms with Gasteiger partial charge in [0.1, 0.15) is 11.4 Å². The van der Waals surface area contributed by atoms with E-state index in [0.29, 0.717) is 36.4 Å². The van der Waals surface area contributed by atoms with Crippen molar-refractivity contribution in [3.63, 3.8) is 0 Å². The molecule has 10 heteroatoms. The molecule has 178 valence electrons. The Bertz CT molecular complexity index is 1360. The van der Waals surface area contributed by atoms with Crippen LogP contribution in [0, 0.1) is 17.0 Å². The van der Waals surface area contributed by atoms with Crippen LogP contribution in [-0.4, -0.2) is 35.4 Å². The van der Waals surface area contributed by atoms with Crippen molar-refractivity contribution in [1.82, 2.24) is 10.3 Å². The summed E-state index contributed by atoms with van der Waals surface area (Å²) >= 11 is 1.39. The van der Waals surface area contributed by atoms with E-state index in [0.717, 1.165) is 38.2 Å². The highest BCUT2D eigenvalue weighted by molar-refractivity contribution is 7.10. The fourth-order valence-corrected chi connectivity index (χ4v) is 4.95. The molecule has 0 bridgehead atoms. The number of likely N-dealkylation sites (N-methyl/N-ethyl adjacent to an activating group) is 1. The Morgan fingerprint density at radius 2 is 1.88 bits per heavy atom. The predicted octanol–water partition coefficient (Wildman–Crippen LogP) is 0.0871. The van der Waals surface area contributed by atoms with Crippen molar-refractivity contribution in [2.45, 2.75) is 20.4 Å². The van der Waals surface area contributed by atoms with Crippen molar-refractivity contribution in [3.8, 4) is 0 Å². The highest BCUT2D eigenvalue weighted by Crippen LogP contribution is 2.31. The first kappa shape index (κ1) is 25.4. The molecular weight excluding hydrogens is 474 g/mol. The van der Waals surface area contributed by atoms with E-state index in [4.69, 9.17) is 10.7 Å². The number of carbonyl (C=O) groups excluding carboxylic acids is 1. The van der Waals surface area contributed by atoms with Gasteiger partial charge < -0.3 is 28.4 Å². The molecule has 1 atom stereocenters. The molecule has 1 amide bonds. The molecule has 4 rings (SSSR count). The number of hydrogen-bond acceptors (Lipinski definition) is 6. The van der Waals surface area contributed by atoms with E-state index in [1.807, 2.05) is 44.2 Å². The van der Waals surface area contributed by atoms with E-state index >= 15 is 0 Å². The Hall–Kier alpha value is -3.27. The second-order valence-electron chi connectivity index (χ2n) is 7.97. The first-order valence-corrected chi connectivity index (χ1v) is 11.7. The van der Waals surface area contributed by atoms with E-state index in [2.05, 4.69) is 5.32 Å². The number of rotatable bonds is 8. The molecule has 8 nitrogen and oxygen atoms in total. The van der Waals surface area contributed by atoms with Crippen LogP contribution in [0.15, 0.2) is 47.8 Å². The molecule has 0 fully saturated rings. The quantitative estimate of drug-likeness (QED) is 0.180. The van der Waals surface area contributed by atoms with Gasteiger partial charge in [0.25, 0.3) is 11.6 Å². The van der Waals surface area contributed by atoms with Crippen LogP contribution in [-0.2, 0) is 6.54 Å². The summed E-state index contributed by atoms with van der Waals surface area (Å²) in [6.45, 7) is 6.45. The van der Waals surface area contributed by atoms with Crippen molar-refractivity contribution in [2.24, 2.45) is 0 Å². The van der Waals surface area contributed by atoms with Gasteiger partial charge in [-0.2, -0.15) is 0 Å². The number of hydrogen-bond donors (Lipinski definition) is 3. The van der Waals surface area contributed by atoms with Gasteiger partial charge in [0, 0.05) is 16.8 Å². The number of pyridine rings is 1. The number of nitrogens with one attached hydrogen (secondary N) is 2. The summed E-state index contributed by atoms with van der Waals surface area (Å²) in [6, 6.07) is 12.9. The Morgan fingerprint density at radius 1 is 1.18 bits per heavy atom. The number of nitrogen functional groups attached to an aromatic ring is 1. The van der Waals surface area contributed by atoms with Gasteiger partial charge in [-0.05, 0) is 30.9 Å². The molecule has 0 radical (unpaired) electrons. The maximum atomic E-state index is 13.0. The van der Waals surface area contributed by atoms with Crippen LogP contribution in [0.5, 0.6) is 0 Å². The fourth-order valence-electron chi connectivity index (χ4n) is 4.04. The number of nitro groups is 1. The molecule has 2 aromatic heterocycles. The highest BCUT2D eigenvalue weighted by atomic mass is 35.5. The molecule has 4 N–H and O–H groups in total. The Morgan fingerprint density at radius 3 is 2.59 bits per heavy atom. The zero-order valence-corrected chi connectivity index (χ0v) is 20.5. The molecule has 34 heavy (non-hydrogen) atoms. The van der Waals surface area contributed by atoms with Crippen LogP contribution in [0.1, 0.15) is 27.7 Å². The fraction of sp³-hybridized carbons (Fsp3) is 0.250. The SMILES string of the molecule is CC[NH+](CCNC(=O)c1cccc2c(N)c3cccc(C)c3nc12)Cc1sccc1[N+](=O)[O-].[Cl-]. The Kier molecular flexibility index (Phi) is 8.03. The van der Waals surface area contributed by atoms with Gasteiger partial charge in [-0.25, -0.2) is 4.98 Å². The summed E-state index contributed by atoms with van der Waals surface area (Å²) in [5.74, 6) is -0.210. The van der Waals surface area contributed by atoms with Crippen LogP contribution in [0.4, 0.5) is 11.4 Å². The van der Waals surface area contributed by atoms with Gasteiger partial charge in [0.05, 0.1) is 46.8 Å². The van der Waals surface area contributed by atoms with E-state index in [9.17, 15) is 14.9 Å². The minimum absolute atomic E-state index is 0. The number of anilines is 1. The number of aryl methyl sites for hydroxylation is 1. The molecule has 0 spiro atoms. The largest absolute Gasteiger partial charge is 1.00 e. The lowest BCUT2D eigenvalue weighted by Crippen LogP contribution is -3.11. The number of benzene rings is 2. The van der Waals surface area contributed by atoms with E-state index in [1.165, 1.54) is 11.3 Å². The third kappa shape index (κ3) is 4.96. The Labute approximate surface area is 207 Å². The number of thiophene rings is 1. The molecule has 2 heterocycles. The number of nitrogens with two attached hydrogens (primary N) is 1. The standard InChI is InChI=1S/C24H25N5O3S.ClH/c1-3-28(14-20-19(29(31)32)10-13-33-20)12-11-26-24(30)18-9-5-8-17-21(25)16-7-4-6-15(2)22(16)27-23(17)18;/h4-10,13H,3,11-12,14H2,1-2H3,(H2,25,27)(H,26,30);1H. The van der Waals surface area contributed by atoms with Crippen LogP contribution < -0.4 is 28.4 Å². The number of quaternary nitrogens is 1. The highest BCUT2D eigenvalue weighted by Gasteiger charge is 2.20. The summed E-state index contributed by atoms with van der Waals surface area (Å²) in [4.78, 5) is 30.6. The summed E-state index contributed by atoms with van der Waals surface area (Å²) in [7, 11) is 0. The van der Waals surface area contributed by atoms with Gasteiger partial charge in [-0.15, -0.1) is 11.3 Å². The molecule has 1 unspecified atom stereocenters. The summed E-state index contributed by atoms with van der Waals surface area (Å²) in [5.41, 5.74) is 10.1. The zero-order valence-electron chi connectivity index (χ0n) is 18.9. The van der Waals surface area contributed by atoms with E-state index in [1.54, 1.807) is 17.5 Å². The normalized spacial score (nSPS) is 11.8. The zero-order chi connectivity index (χ0) is 23.5. The maximum absolute atomic E-state index is 13.0. The average molecular weight is 500 g/mol. The lowest BCUT2D eigenvalue weighted by molar-refractivity contribution is -0.910. The molecule has 0 saturated heterocycles. The van der Waals surface area contributed by atoms with Gasteiger partial charge in [-0.3, -0.25) is 14.9 Å². The average Bonchev–Trinajstić information content (AvgIpc) is 3.27. The van der Waals surface area contributed by atoms with Gasteiger partial charge in [-0.1, -0.05) is 30.3 Å². The number of amides is 1. The number of carbonyl (C=O) groups is 1. The second kappa shape index (κ2) is 10.8. The molecule has 0 aliphatic carbocycles. The van der Waals surface area contributed by atoms with Crippen molar-refractivity contribution in [1.29, 1.82) is 0 Å². The van der Waals surface area contributed by atoms with Crippen molar-refractivity contribution >= 4 is 50.4 Å². The van der Waals surface area contributed by atoms with Crippen LogP contribution in [0.3, 0.4) is 0 Å². The topological polar surface area (TPSA) is 116 Å². The Balaban J connectivity index is 0.00000324. The molecule has 0 aliphatic heterocycles. The molecular formula is C24H26ClN5O3S. The van der Waals surface area contributed by atoms with Crippen molar-refractivity contribution < 1.29 is 27.0 Å². The second-order valence-corrected chi connectivity index (χ2v) is 8.97. The minimum atomic E-state index is -0.342. The summed E-state index contributed by atoms with van der Waals surface area (Å²) in [6.07, 6.45) is 0. The molecule has 4 aromatic rings. The van der Waals surface area contributed by atoms with Crippen LogP contribution in [0.25, 0.3) is 21.8 Å². The third-order valence-corrected chi connectivity index (χ3v) is 6.83. The van der Waals surface area contributed by atoms with E-state index in [-0.39, 0.29) is 28.9 Å². The number of halogens is 1. The lowest BCUT2D eigenvalue weighted by Gasteiger charge is -2.17. The first-order valence-electron chi connectivity index (χ1n) is 10.8. The smallest absolute Gasteiger partial charge is 0.288 e. The van der Waals surface area contributed by atoms with Crippen LogP contribution >= 0.6 is 11.3 Å². The number of fused-ring (bicyclic) bond motifs is 2. The molecule has 0 aliphatic rings. The van der Waals surface area contributed by atoms with Crippen LogP contribution in [0.2, 0.25) is 0 Å². The molecule has 2 aromatic carbocycles. The van der Waals surface area contributed by atoms with Gasteiger partial charge in [0.15, 0.2) is 0 Å².